The maximum atomic E-state index is 12.9. The first-order chi connectivity index (χ1) is 17.6. The van der Waals surface area contributed by atoms with Crippen molar-refractivity contribution in [3.05, 3.63) is 42.0 Å². The molecule has 0 saturated heterocycles. The Bertz CT molecular complexity index is 938. The number of Topliss-reactive ketones (excluding diaryl/α,β-unsaturated/α-hetero) is 1. The average Bonchev–Trinajstić information content (AvgIpc) is 2.87. The third-order valence-corrected chi connectivity index (χ3v) is 5.87. The van der Waals surface area contributed by atoms with Gasteiger partial charge in [0.1, 0.15) is 0 Å². The van der Waals surface area contributed by atoms with E-state index >= 15 is 0 Å². The Morgan fingerprint density at radius 3 is 2.11 bits per heavy atom. The Labute approximate surface area is 219 Å². The number of rotatable bonds is 17. The van der Waals surface area contributed by atoms with E-state index in [4.69, 9.17) is 5.11 Å². The van der Waals surface area contributed by atoms with Crippen LogP contribution in [-0.2, 0) is 35.3 Å². The number of hydrogen-bond acceptors (Lipinski definition) is 7. The normalized spacial score (nSPS) is 12.7. The van der Waals surface area contributed by atoms with E-state index in [1.54, 1.807) is 31.2 Å². The first kappa shape index (κ1) is 31.7. The second-order valence-corrected chi connectivity index (χ2v) is 9.44. The fourth-order valence-electron chi connectivity index (χ4n) is 3.60. The fraction of sp³-hybridized carbons (Fsp3) is 0.536. The van der Waals surface area contributed by atoms with Crippen LogP contribution in [0.25, 0.3) is 0 Å². The van der Waals surface area contributed by atoms with Gasteiger partial charge in [0.15, 0.2) is 11.6 Å². The van der Waals surface area contributed by atoms with Crippen molar-refractivity contribution in [2.24, 2.45) is 11.8 Å². The maximum absolute atomic E-state index is 12.9. The minimum Gasteiger partial charge on any atom is -0.466 e. The molecule has 2 atom stereocenters. The summed E-state index contributed by atoms with van der Waals surface area (Å²) in [6, 6.07) is 6.12. The van der Waals surface area contributed by atoms with Crippen molar-refractivity contribution in [2.45, 2.75) is 78.4 Å². The van der Waals surface area contributed by atoms with Gasteiger partial charge in [-0.25, -0.2) is 4.79 Å². The first-order valence-electron chi connectivity index (χ1n) is 12.7. The van der Waals surface area contributed by atoms with Crippen LogP contribution < -0.4 is 10.6 Å². The predicted octanol–water partition coefficient (Wildman–Crippen LogP) is 3.49. The monoisotopic (exact) mass is 516 g/mol. The summed E-state index contributed by atoms with van der Waals surface area (Å²) >= 11 is 0. The number of aliphatic hydroxyl groups is 1. The number of unbranched alkanes of at least 4 members (excludes halogenated alkanes) is 3. The van der Waals surface area contributed by atoms with E-state index < -0.39 is 17.9 Å². The van der Waals surface area contributed by atoms with E-state index in [9.17, 15) is 24.0 Å². The number of aliphatic hydroxyl groups excluding tert-OH is 1. The van der Waals surface area contributed by atoms with Crippen LogP contribution in [-0.4, -0.2) is 47.6 Å². The lowest BCUT2D eigenvalue weighted by atomic mass is 9.92. The zero-order valence-electron chi connectivity index (χ0n) is 22.2. The molecule has 0 radical (unpaired) electrons. The molecule has 1 aromatic carbocycles. The Kier molecular flexibility index (Phi) is 14.7. The second-order valence-electron chi connectivity index (χ2n) is 9.44. The number of methoxy groups -OCH3 is 1. The maximum Gasteiger partial charge on any atom is 0.330 e. The number of benzene rings is 1. The summed E-state index contributed by atoms with van der Waals surface area (Å²) in [5.41, 5.74) is 1.31. The summed E-state index contributed by atoms with van der Waals surface area (Å²) in [5, 5.41) is 14.7. The number of hydrogen-bond donors (Lipinski definition) is 3. The highest BCUT2D eigenvalue weighted by Crippen LogP contribution is 2.15. The molecule has 0 aliphatic rings. The highest BCUT2D eigenvalue weighted by atomic mass is 16.5. The number of ketones is 2. The molecule has 0 aliphatic carbocycles. The number of anilines is 1. The molecular weight excluding hydrogens is 476 g/mol. The smallest absolute Gasteiger partial charge is 0.330 e. The standard InChI is InChI=1S/C28H40N2O7/c1-19(2)27(24(33)17-20(3)28(36)29-22-13-11-21(18-31)12-14-22)30-25(34)10-8-6-5-7-9-23(32)15-16-26(35)37-4/h11-16,19-20,27,31H,5-10,17-18H2,1-4H3,(H,29,36)(H,30,34)/b16-15+/t20-,27+/m1/s1. The van der Waals surface area contributed by atoms with Crippen LogP contribution in [0.4, 0.5) is 5.69 Å². The van der Waals surface area contributed by atoms with Crippen molar-refractivity contribution in [3.8, 4) is 0 Å². The summed E-state index contributed by atoms with van der Waals surface area (Å²) < 4.78 is 4.43. The third-order valence-electron chi connectivity index (χ3n) is 5.87. The number of allylic oxidation sites excluding steroid dienone is 1. The minimum absolute atomic E-state index is 0.00212. The molecule has 0 saturated carbocycles. The molecule has 0 unspecified atom stereocenters. The lowest BCUT2D eigenvalue weighted by Crippen LogP contribution is -2.45. The van der Waals surface area contributed by atoms with Crippen molar-refractivity contribution >= 4 is 35.0 Å². The van der Waals surface area contributed by atoms with Gasteiger partial charge < -0.3 is 20.5 Å². The number of carbonyl (C=O) groups excluding carboxylic acids is 5. The molecule has 3 N–H and O–H groups in total. The minimum atomic E-state index is -0.675. The molecule has 9 nitrogen and oxygen atoms in total. The van der Waals surface area contributed by atoms with Crippen LogP contribution in [0.1, 0.15) is 71.3 Å². The molecule has 0 aliphatic heterocycles. The van der Waals surface area contributed by atoms with Crippen LogP contribution >= 0.6 is 0 Å². The van der Waals surface area contributed by atoms with E-state index in [0.29, 0.717) is 24.9 Å². The van der Waals surface area contributed by atoms with Gasteiger partial charge >= 0.3 is 5.97 Å². The summed E-state index contributed by atoms with van der Waals surface area (Å²) in [6.07, 6.45) is 5.73. The van der Waals surface area contributed by atoms with Crippen molar-refractivity contribution in [3.63, 3.8) is 0 Å². The van der Waals surface area contributed by atoms with Crippen LogP contribution in [0.2, 0.25) is 0 Å². The van der Waals surface area contributed by atoms with Gasteiger partial charge in [0.25, 0.3) is 0 Å². The van der Waals surface area contributed by atoms with Gasteiger partial charge in [0, 0.05) is 36.9 Å². The number of amides is 2. The van der Waals surface area contributed by atoms with Gasteiger partial charge in [-0.2, -0.15) is 0 Å². The quantitative estimate of drug-likeness (QED) is 0.164. The first-order valence-corrected chi connectivity index (χ1v) is 12.7. The van der Waals surface area contributed by atoms with Crippen LogP contribution in [0.3, 0.4) is 0 Å². The highest BCUT2D eigenvalue weighted by Gasteiger charge is 2.27. The number of carbonyl (C=O) groups is 5. The molecule has 204 valence electrons. The van der Waals surface area contributed by atoms with Crippen LogP contribution in [0, 0.1) is 11.8 Å². The summed E-state index contributed by atoms with van der Waals surface area (Å²) in [6.45, 7) is 5.29. The Hall–Kier alpha value is -3.33. The zero-order valence-corrected chi connectivity index (χ0v) is 22.2. The summed E-state index contributed by atoms with van der Waals surface area (Å²) in [7, 11) is 1.24. The van der Waals surface area contributed by atoms with Gasteiger partial charge in [-0.05, 0) is 42.5 Å². The molecule has 37 heavy (non-hydrogen) atoms. The van der Waals surface area contributed by atoms with E-state index in [2.05, 4.69) is 15.4 Å². The van der Waals surface area contributed by atoms with Gasteiger partial charge in [-0.15, -0.1) is 0 Å². The van der Waals surface area contributed by atoms with Gasteiger partial charge in [-0.3, -0.25) is 19.2 Å². The molecule has 0 bridgehead atoms. The lowest BCUT2D eigenvalue weighted by Gasteiger charge is -2.23. The predicted molar refractivity (Wildman–Crippen MR) is 140 cm³/mol. The average molecular weight is 517 g/mol. The van der Waals surface area contributed by atoms with Crippen molar-refractivity contribution < 1.29 is 33.8 Å². The second kappa shape index (κ2) is 17.2. The SMILES string of the molecule is COC(=O)/C=C/C(=O)CCCCCCC(=O)N[C@H](C(=O)C[C@@H](C)C(=O)Nc1ccc(CO)cc1)C(C)C. The number of nitrogens with one attached hydrogen (secondary N) is 2. The van der Waals surface area contributed by atoms with Gasteiger partial charge in [0.05, 0.1) is 19.8 Å². The third kappa shape index (κ3) is 13.0. The number of esters is 1. The molecule has 0 aromatic heterocycles. The van der Waals surface area contributed by atoms with E-state index in [-0.39, 0.29) is 48.7 Å². The van der Waals surface area contributed by atoms with Crippen molar-refractivity contribution in [1.82, 2.24) is 5.32 Å². The summed E-state index contributed by atoms with van der Waals surface area (Å²) in [4.78, 5) is 60.5. The Morgan fingerprint density at radius 1 is 0.919 bits per heavy atom. The fourth-order valence-corrected chi connectivity index (χ4v) is 3.60. The topological polar surface area (TPSA) is 139 Å². The molecule has 2 amide bonds. The zero-order chi connectivity index (χ0) is 27.8. The Morgan fingerprint density at radius 2 is 1.54 bits per heavy atom. The van der Waals surface area contributed by atoms with Crippen molar-refractivity contribution in [2.75, 3.05) is 12.4 Å². The van der Waals surface area contributed by atoms with E-state index in [1.807, 2.05) is 13.8 Å². The van der Waals surface area contributed by atoms with Gasteiger partial charge in [0.2, 0.25) is 11.8 Å². The molecule has 0 spiro atoms. The highest BCUT2D eigenvalue weighted by molar-refractivity contribution is 5.97. The molecule has 1 rings (SSSR count). The lowest BCUT2D eigenvalue weighted by molar-refractivity contribution is -0.135. The largest absolute Gasteiger partial charge is 0.466 e. The molecule has 9 heteroatoms. The number of ether oxygens (including phenoxy) is 1. The van der Waals surface area contributed by atoms with E-state index in [0.717, 1.165) is 24.5 Å². The van der Waals surface area contributed by atoms with Crippen LogP contribution in [0.15, 0.2) is 36.4 Å². The van der Waals surface area contributed by atoms with Crippen molar-refractivity contribution in [1.29, 1.82) is 0 Å². The molecular formula is C28H40N2O7. The van der Waals surface area contributed by atoms with Crippen LogP contribution in [0.5, 0.6) is 0 Å². The molecule has 1 aromatic rings. The van der Waals surface area contributed by atoms with Gasteiger partial charge in [-0.1, -0.05) is 45.7 Å². The van der Waals surface area contributed by atoms with E-state index in [1.165, 1.54) is 13.2 Å². The summed E-state index contributed by atoms with van der Waals surface area (Å²) in [5.74, 6) is -2.12. The molecule has 0 heterocycles. The molecule has 0 fully saturated rings. The Balaban J connectivity index is 2.40.